The third-order valence-corrected chi connectivity index (χ3v) is 3.04. The quantitative estimate of drug-likeness (QED) is 0.783. The van der Waals surface area contributed by atoms with Crippen LogP contribution in [0.25, 0.3) is 0 Å². The molecular formula is C8H5Cl2F3O2S. The van der Waals surface area contributed by atoms with E-state index in [0.29, 0.717) is 6.07 Å². The molecule has 0 saturated carbocycles. The Bertz CT molecular complexity index is 496. The van der Waals surface area contributed by atoms with Crippen LogP contribution in [0.2, 0.25) is 5.02 Å². The van der Waals surface area contributed by atoms with E-state index in [9.17, 15) is 21.6 Å². The van der Waals surface area contributed by atoms with Gasteiger partial charge < -0.3 is 0 Å². The molecule has 0 atom stereocenters. The van der Waals surface area contributed by atoms with Gasteiger partial charge in [-0.25, -0.2) is 8.42 Å². The molecule has 90 valence electrons. The van der Waals surface area contributed by atoms with Crippen molar-refractivity contribution in [2.45, 2.75) is 11.9 Å². The van der Waals surface area contributed by atoms with Crippen LogP contribution in [0.3, 0.4) is 0 Å². The third kappa shape index (κ3) is 3.84. The second-order valence-electron chi connectivity index (χ2n) is 2.99. The lowest BCUT2D eigenvalue weighted by molar-refractivity contribution is -0.137. The molecule has 0 spiro atoms. The van der Waals surface area contributed by atoms with Crippen LogP contribution >= 0.6 is 22.3 Å². The number of rotatable bonds is 2. The molecule has 0 aromatic heterocycles. The Hall–Kier alpha value is -0.460. The zero-order chi connectivity index (χ0) is 12.6. The topological polar surface area (TPSA) is 34.1 Å². The largest absolute Gasteiger partial charge is 0.416 e. The van der Waals surface area contributed by atoms with Crippen molar-refractivity contribution in [3.8, 4) is 0 Å². The van der Waals surface area contributed by atoms with Crippen LogP contribution in [0.4, 0.5) is 13.2 Å². The van der Waals surface area contributed by atoms with Crippen molar-refractivity contribution in [2.24, 2.45) is 0 Å². The highest BCUT2D eigenvalue weighted by Gasteiger charge is 2.31. The van der Waals surface area contributed by atoms with Crippen molar-refractivity contribution in [3.63, 3.8) is 0 Å². The van der Waals surface area contributed by atoms with Gasteiger partial charge in [0, 0.05) is 15.7 Å². The smallest absolute Gasteiger partial charge is 0.212 e. The summed E-state index contributed by atoms with van der Waals surface area (Å²) in [5.41, 5.74) is -0.905. The van der Waals surface area contributed by atoms with Gasteiger partial charge in [-0.2, -0.15) is 13.2 Å². The molecule has 0 saturated heterocycles. The normalized spacial score (nSPS) is 12.8. The first kappa shape index (κ1) is 13.6. The van der Waals surface area contributed by atoms with Gasteiger partial charge in [-0.3, -0.25) is 0 Å². The predicted octanol–water partition coefficient (Wildman–Crippen LogP) is 3.43. The molecule has 0 bridgehead atoms. The van der Waals surface area contributed by atoms with Gasteiger partial charge in [-0.15, -0.1) is 0 Å². The minimum Gasteiger partial charge on any atom is -0.212 e. The summed E-state index contributed by atoms with van der Waals surface area (Å²) in [6.07, 6.45) is -4.51. The Labute approximate surface area is 99.4 Å². The molecule has 0 aliphatic carbocycles. The molecular weight excluding hydrogens is 288 g/mol. The lowest BCUT2D eigenvalue weighted by Crippen LogP contribution is -2.05. The third-order valence-electron chi connectivity index (χ3n) is 1.71. The van der Waals surface area contributed by atoms with Gasteiger partial charge in [0.1, 0.15) is 0 Å². The maximum Gasteiger partial charge on any atom is 0.416 e. The molecule has 1 rings (SSSR count). The molecule has 0 N–H and O–H groups in total. The fourth-order valence-electron chi connectivity index (χ4n) is 1.03. The standard InChI is InChI=1S/C8H5Cl2F3O2S/c9-7-3-6(8(11,12)13)2-1-5(7)4-16(10,14)15/h1-3H,4H2. The first-order valence-corrected chi connectivity index (χ1v) is 6.73. The van der Waals surface area contributed by atoms with Crippen molar-refractivity contribution in [2.75, 3.05) is 0 Å². The minimum absolute atomic E-state index is 0.0321. The fraction of sp³-hybridized carbons (Fsp3) is 0.250. The van der Waals surface area contributed by atoms with E-state index < -0.39 is 26.5 Å². The Morgan fingerprint density at radius 2 is 1.81 bits per heavy atom. The van der Waals surface area contributed by atoms with E-state index in [1.807, 2.05) is 0 Å². The number of hydrogen-bond acceptors (Lipinski definition) is 2. The fourth-order valence-corrected chi connectivity index (χ4v) is 2.33. The molecule has 0 radical (unpaired) electrons. The van der Waals surface area contributed by atoms with Crippen LogP contribution in [0.15, 0.2) is 18.2 Å². The lowest BCUT2D eigenvalue weighted by atomic mass is 10.1. The highest BCUT2D eigenvalue weighted by molar-refractivity contribution is 8.13. The summed E-state index contributed by atoms with van der Waals surface area (Å²) in [5.74, 6) is -0.606. The summed E-state index contributed by atoms with van der Waals surface area (Å²) in [5, 5.41) is -0.279. The van der Waals surface area contributed by atoms with E-state index in [4.69, 9.17) is 22.3 Å². The molecule has 0 unspecified atom stereocenters. The lowest BCUT2D eigenvalue weighted by Gasteiger charge is -2.08. The molecule has 0 aliphatic heterocycles. The molecule has 1 aromatic carbocycles. The highest BCUT2D eigenvalue weighted by atomic mass is 35.7. The SMILES string of the molecule is O=S(=O)(Cl)Cc1ccc(C(F)(F)F)cc1Cl. The summed E-state index contributed by atoms with van der Waals surface area (Å²) < 4.78 is 58.1. The van der Waals surface area contributed by atoms with E-state index in [2.05, 4.69) is 0 Å². The first-order valence-electron chi connectivity index (χ1n) is 3.87. The molecule has 1 aromatic rings. The van der Waals surface area contributed by atoms with Crippen molar-refractivity contribution in [1.29, 1.82) is 0 Å². The van der Waals surface area contributed by atoms with Gasteiger partial charge in [0.25, 0.3) is 0 Å². The van der Waals surface area contributed by atoms with Gasteiger partial charge in [0.2, 0.25) is 9.05 Å². The van der Waals surface area contributed by atoms with Crippen LogP contribution in [-0.2, 0) is 21.0 Å². The molecule has 2 nitrogen and oxygen atoms in total. The molecule has 0 amide bonds. The minimum atomic E-state index is -4.51. The van der Waals surface area contributed by atoms with Crippen molar-refractivity contribution >= 4 is 31.3 Å². The monoisotopic (exact) mass is 292 g/mol. The maximum absolute atomic E-state index is 12.2. The van der Waals surface area contributed by atoms with E-state index >= 15 is 0 Å². The summed E-state index contributed by atoms with van der Waals surface area (Å²) in [7, 11) is 1.12. The van der Waals surface area contributed by atoms with Crippen molar-refractivity contribution < 1.29 is 21.6 Å². The highest BCUT2D eigenvalue weighted by Crippen LogP contribution is 2.32. The summed E-state index contributed by atoms with van der Waals surface area (Å²) in [6, 6.07) is 2.41. The number of hydrogen-bond donors (Lipinski definition) is 0. The Morgan fingerprint density at radius 1 is 1.25 bits per heavy atom. The predicted molar refractivity (Wildman–Crippen MR) is 54.9 cm³/mol. The van der Waals surface area contributed by atoms with E-state index in [1.165, 1.54) is 0 Å². The zero-order valence-electron chi connectivity index (χ0n) is 7.55. The van der Waals surface area contributed by atoms with Crippen molar-refractivity contribution in [1.82, 2.24) is 0 Å². The van der Waals surface area contributed by atoms with E-state index in [0.717, 1.165) is 12.1 Å². The molecule has 8 heteroatoms. The summed E-state index contributed by atoms with van der Waals surface area (Å²) in [4.78, 5) is 0. The summed E-state index contributed by atoms with van der Waals surface area (Å²) >= 11 is 5.52. The van der Waals surface area contributed by atoms with Crippen LogP contribution in [0.5, 0.6) is 0 Å². The van der Waals surface area contributed by atoms with E-state index in [1.54, 1.807) is 0 Å². The second kappa shape index (κ2) is 4.43. The Kier molecular flexibility index (Phi) is 3.76. The maximum atomic E-state index is 12.2. The molecule has 16 heavy (non-hydrogen) atoms. The van der Waals surface area contributed by atoms with Gasteiger partial charge in [0.05, 0.1) is 11.3 Å². The Morgan fingerprint density at radius 3 is 2.19 bits per heavy atom. The second-order valence-corrected chi connectivity index (χ2v) is 6.17. The van der Waals surface area contributed by atoms with E-state index in [-0.39, 0.29) is 10.6 Å². The molecule has 0 heterocycles. The van der Waals surface area contributed by atoms with Gasteiger partial charge in [-0.05, 0) is 17.7 Å². The number of halogens is 5. The number of alkyl halides is 3. The van der Waals surface area contributed by atoms with Crippen LogP contribution < -0.4 is 0 Å². The molecule has 0 aliphatic rings. The number of benzene rings is 1. The van der Waals surface area contributed by atoms with Crippen LogP contribution in [0.1, 0.15) is 11.1 Å². The van der Waals surface area contributed by atoms with Gasteiger partial charge in [0.15, 0.2) is 0 Å². The average molecular weight is 293 g/mol. The van der Waals surface area contributed by atoms with Crippen LogP contribution in [0, 0.1) is 0 Å². The summed E-state index contributed by atoms with van der Waals surface area (Å²) in [6.45, 7) is 0. The van der Waals surface area contributed by atoms with Gasteiger partial charge >= 0.3 is 6.18 Å². The van der Waals surface area contributed by atoms with Crippen LogP contribution in [-0.4, -0.2) is 8.42 Å². The van der Waals surface area contributed by atoms with Gasteiger partial charge in [-0.1, -0.05) is 17.7 Å². The zero-order valence-corrected chi connectivity index (χ0v) is 9.88. The van der Waals surface area contributed by atoms with Crippen molar-refractivity contribution in [3.05, 3.63) is 34.3 Å². The average Bonchev–Trinajstić information content (AvgIpc) is 2.04. The first-order chi connectivity index (χ1) is 7.09. The molecule has 0 fully saturated rings. The Balaban J connectivity index is 3.11.